The molecule has 5 heteroatoms. The van der Waals surface area contributed by atoms with Crippen LogP contribution in [0.4, 0.5) is 0 Å². The van der Waals surface area contributed by atoms with Gasteiger partial charge in [0.2, 0.25) is 0 Å². The van der Waals surface area contributed by atoms with Crippen molar-refractivity contribution in [2.24, 2.45) is 11.8 Å². The van der Waals surface area contributed by atoms with Gasteiger partial charge >= 0.3 is 5.97 Å². The summed E-state index contributed by atoms with van der Waals surface area (Å²) in [5.74, 6) is -0.474. The molecule has 21 heavy (non-hydrogen) atoms. The number of rotatable bonds is 2. The molecule has 1 unspecified atom stereocenters. The van der Waals surface area contributed by atoms with Crippen molar-refractivity contribution in [3.63, 3.8) is 0 Å². The predicted octanol–water partition coefficient (Wildman–Crippen LogP) is 2.81. The largest absolute Gasteiger partial charge is 0.481 e. The van der Waals surface area contributed by atoms with Crippen molar-refractivity contribution in [2.75, 3.05) is 13.1 Å². The highest BCUT2D eigenvalue weighted by atomic mass is 32.1. The van der Waals surface area contributed by atoms with Crippen molar-refractivity contribution in [3.05, 3.63) is 21.4 Å². The number of likely N-dealkylation sites (tertiary alicyclic amines) is 1. The zero-order chi connectivity index (χ0) is 15.0. The lowest BCUT2D eigenvalue weighted by atomic mass is 9.90. The molecule has 1 aromatic heterocycles. The van der Waals surface area contributed by atoms with Gasteiger partial charge < -0.3 is 10.0 Å². The molecule has 1 aliphatic carbocycles. The number of fused-ring (bicyclic) bond motifs is 1. The first-order valence-corrected chi connectivity index (χ1v) is 8.50. The summed E-state index contributed by atoms with van der Waals surface area (Å²) in [6, 6.07) is 2.04. The molecule has 114 valence electrons. The van der Waals surface area contributed by atoms with E-state index < -0.39 is 11.9 Å². The van der Waals surface area contributed by atoms with Crippen LogP contribution in [0.25, 0.3) is 0 Å². The predicted molar refractivity (Wildman–Crippen MR) is 81.8 cm³/mol. The summed E-state index contributed by atoms with van der Waals surface area (Å²) in [6.45, 7) is 3.29. The molecule has 2 aliphatic rings. The summed E-state index contributed by atoms with van der Waals surface area (Å²) in [5, 5.41) is 9.13. The molecule has 1 amide bonds. The number of carboxylic acids is 1. The Labute approximate surface area is 128 Å². The van der Waals surface area contributed by atoms with Crippen LogP contribution in [0.2, 0.25) is 0 Å². The van der Waals surface area contributed by atoms with Crippen molar-refractivity contribution in [3.8, 4) is 0 Å². The lowest BCUT2D eigenvalue weighted by Crippen LogP contribution is -2.42. The number of carbonyl (C=O) groups excluding carboxylic acids is 1. The van der Waals surface area contributed by atoms with E-state index in [0.29, 0.717) is 25.4 Å². The van der Waals surface area contributed by atoms with E-state index in [4.69, 9.17) is 5.11 Å². The third-order valence-corrected chi connectivity index (χ3v) is 5.82. The van der Waals surface area contributed by atoms with Crippen LogP contribution in [0.3, 0.4) is 0 Å². The Morgan fingerprint density at radius 3 is 2.95 bits per heavy atom. The van der Waals surface area contributed by atoms with Crippen molar-refractivity contribution in [2.45, 2.75) is 39.0 Å². The zero-order valence-corrected chi connectivity index (χ0v) is 13.1. The average molecular weight is 307 g/mol. The summed E-state index contributed by atoms with van der Waals surface area (Å²) in [4.78, 5) is 27.6. The molecule has 1 N–H and O–H groups in total. The van der Waals surface area contributed by atoms with Gasteiger partial charge in [0, 0.05) is 18.0 Å². The van der Waals surface area contributed by atoms with Gasteiger partial charge in [-0.25, -0.2) is 0 Å². The smallest absolute Gasteiger partial charge is 0.308 e. The highest BCUT2D eigenvalue weighted by Crippen LogP contribution is 2.33. The number of nitrogens with zero attached hydrogens (tertiary/aromatic N) is 1. The SMILES string of the molecule is CC1CCc2sc(C(=O)N3CCC[C@@H](C(=O)O)C3)cc2C1. The maximum Gasteiger partial charge on any atom is 0.308 e. The van der Waals surface area contributed by atoms with Gasteiger partial charge in [-0.3, -0.25) is 9.59 Å². The number of hydrogen-bond acceptors (Lipinski definition) is 3. The van der Waals surface area contributed by atoms with Crippen molar-refractivity contribution in [1.29, 1.82) is 0 Å². The lowest BCUT2D eigenvalue weighted by molar-refractivity contribution is -0.143. The number of piperidine rings is 1. The van der Waals surface area contributed by atoms with E-state index in [2.05, 4.69) is 6.92 Å². The van der Waals surface area contributed by atoms with Crippen LogP contribution in [-0.4, -0.2) is 35.0 Å². The fraction of sp³-hybridized carbons (Fsp3) is 0.625. The van der Waals surface area contributed by atoms with Gasteiger partial charge in [-0.2, -0.15) is 0 Å². The Bertz CT molecular complexity index is 566. The normalized spacial score (nSPS) is 25.5. The number of carboxylic acid groups (broad SMARTS) is 1. The second-order valence-electron chi connectivity index (χ2n) is 6.34. The van der Waals surface area contributed by atoms with E-state index in [1.807, 2.05) is 6.07 Å². The summed E-state index contributed by atoms with van der Waals surface area (Å²) >= 11 is 1.61. The molecule has 1 saturated heterocycles. The highest BCUT2D eigenvalue weighted by Gasteiger charge is 2.30. The topological polar surface area (TPSA) is 57.6 Å². The fourth-order valence-corrected chi connectivity index (χ4v) is 4.51. The van der Waals surface area contributed by atoms with Gasteiger partial charge in [-0.05, 0) is 49.7 Å². The van der Waals surface area contributed by atoms with Gasteiger partial charge in [0.1, 0.15) is 0 Å². The van der Waals surface area contributed by atoms with Crippen molar-refractivity contribution in [1.82, 2.24) is 4.90 Å². The Hall–Kier alpha value is -1.36. The molecule has 4 nitrogen and oxygen atoms in total. The third kappa shape index (κ3) is 2.98. The molecule has 2 heterocycles. The third-order valence-electron chi connectivity index (χ3n) is 4.60. The maximum absolute atomic E-state index is 12.6. The van der Waals surface area contributed by atoms with E-state index in [-0.39, 0.29) is 5.91 Å². The summed E-state index contributed by atoms with van der Waals surface area (Å²) in [7, 11) is 0. The number of thiophene rings is 1. The standard InChI is InChI=1S/C16H21NO3S/c1-10-4-5-13-12(7-10)8-14(21-13)15(18)17-6-2-3-11(9-17)16(19)20/h8,10-11H,2-7,9H2,1H3,(H,19,20)/t10?,11-/m1/s1. The van der Waals surface area contributed by atoms with Crippen LogP contribution in [0.5, 0.6) is 0 Å². The van der Waals surface area contributed by atoms with Crippen LogP contribution < -0.4 is 0 Å². The van der Waals surface area contributed by atoms with Crippen molar-refractivity contribution < 1.29 is 14.7 Å². The van der Waals surface area contributed by atoms with E-state index in [1.54, 1.807) is 16.2 Å². The van der Waals surface area contributed by atoms with Crippen LogP contribution in [0.15, 0.2) is 6.07 Å². The minimum Gasteiger partial charge on any atom is -0.481 e. The summed E-state index contributed by atoms with van der Waals surface area (Å²) in [6.07, 6.45) is 4.80. The average Bonchev–Trinajstić information content (AvgIpc) is 2.89. The van der Waals surface area contributed by atoms with E-state index in [9.17, 15) is 9.59 Å². The van der Waals surface area contributed by atoms with Crippen LogP contribution in [-0.2, 0) is 17.6 Å². The Balaban J connectivity index is 1.74. The molecule has 0 radical (unpaired) electrons. The van der Waals surface area contributed by atoms with E-state index in [1.165, 1.54) is 16.9 Å². The van der Waals surface area contributed by atoms with Gasteiger partial charge in [0.15, 0.2) is 0 Å². The van der Waals surface area contributed by atoms with E-state index in [0.717, 1.165) is 24.1 Å². The van der Waals surface area contributed by atoms with Crippen LogP contribution >= 0.6 is 11.3 Å². The van der Waals surface area contributed by atoms with Gasteiger partial charge in [0.05, 0.1) is 10.8 Å². The van der Waals surface area contributed by atoms with Crippen molar-refractivity contribution >= 4 is 23.2 Å². The number of aryl methyl sites for hydroxylation is 1. The molecule has 0 saturated carbocycles. The summed E-state index contributed by atoms with van der Waals surface area (Å²) < 4.78 is 0. The number of amides is 1. The molecule has 0 bridgehead atoms. The highest BCUT2D eigenvalue weighted by molar-refractivity contribution is 7.14. The van der Waals surface area contributed by atoms with E-state index >= 15 is 0 Å². The molecule has 1 fully saturated rings. The molecular formula is C16H21NO3S. The minimum absolute atomic E-state index is 0.0213. The van der Waals surface area contributed by atoms with Crippen LogP contribution in [0, 0.1) is 11.8 Å². The van der Waals surface area contributed by atoms with Gasteiger partial charge in [0.25, 0.3) is 5.91 Å². The first-order chi connectivity index (χ1) is 10.0. The zero-order valence-electron chi connectivity index (χ0n) is 12.3. The van der Waals surface area contributed by atoms with Gasteiger partial charge in [-0.15, -0.1) is 11.3 Å². The number of hydrogen-bond donors (Lipinski definition) is 1. The summed E-state index contributed by atoms with van der Waals surface area (Å²) in [5.41, 5.74) is 1.33. The first-order valence-electron chi connectivity index (χ1n) is 7.68. The molecule has 3 rings (SSSR count). The molecule has 2 atom stereocenters. The molecular weight excluding hydrogens is 286 g/mol. The Morgan fingerprint density at radius 1 is 1.38 bits per heavy atom. The first kappa shape index (κ1) is 14.6. The molecule has 0 aromatic carbocycles. The quantitative estimate of drug-likeness (QED) is 0.914. The van der Waals surface area contributed by atoms with Crippen LogP contribution in [0.1, 0.15) is 46.3 Å². The Kier molecular flexibility index (Phi) is 4.02. The monoisotopic (exact) mass is 307 g/mol. The molecule has 1 aliphatic heterocycles. The second kappa shape index (κ2) is 5.79. The lowest BCUT2D eigenvalue weighted by Gasteiger charge is -2.30. The van der Waals surface area contributed by atoms with Gasteiger partial charge in [-0.1, -0.05) is 6.92 Å². The molecule has 0 spiro atoms. The Morgan fingerprint density at radius 2 is 2.19 bits per heavy atom. The molecule has 1 aromatic rings. The number of aliphatic carboxylic acids is 1. The second-order valence-corrected chi connectivity index (χ2v) is 7.47. The number of carbonyl (C=O) groups is 2. The minimum atomic E-state index is -0.785. The fourth-order valence-electron chi connectivity index (χ4n) is 3.33. The maximum atomic E-state index is 12.6.